The van der Waals surface area contributed by atoms with E-state index >= 15 is 0 Å². The average Bonchev–Trinajstić information content (AvgIpc) is 2.07. The zero-order valence-electron chi connectivity index (χ0n) is 7.91. The van der Waals surface area contributed by atoms with Gasteiger partial charge in [-0.25, -0.2) is 0 Å². The third-order valence-electron chi connectivity index (χ3n) is 1.90. The average molecular weight is 181 g/mol. The number of nitrogens with one attached hydrogen (secondary N) is 1. The summed E-state index contributed by atoms with van der Waals surface area (Å²) in [5.74, 6) is 0. The fraction of sp³-hybridized carbons (Fsp3) is 0.400. The smallest absolute Gasteiger partial charge is 0.121 e. The number of hydrogen-bond donors (Lipinski definition) is 3. The summed E-state index contributed by atoms with van der Waals surface area (Å²) in [6.07, 6.45) is -0.575. The van der Waals surface area contributed by atoms with Gasteiger partial charge in [0, 0.05) is 5.69 Å². The highest BCUT2D eigenvalue weighted by molar-refractivity contribution is 5.48. The lowest BCUT2D eigenvalue weighted by Gasteiger charge is -2.11. The molecule has 0 aliphatic rings. The van der Waals surface area contributed by atoms with E-state index in [1.807, 2.05) is 25.1 Å². The second kappa shape index (κ2) is 4.25. The first-order chi connectivity index (χ1) is 6.13. The third kappa shape index (κ3) is 2.72. The van der Waals surface area contributed by atoms with Crippen molar-refractivity contribution in [2.75, 3.05) is 5.32 Å². The fourth-order valence-electron chi connectivity index (χ4n) is 1.17. The molecule has 1 aromatic carbocycles. The minimum absolute atomic E-state index is 0.0289. The quantitative estimate of drug-likeness (QED) is 0.615. The van der Waals surface area contributed by atoms with Gasteiger partial charge in [0.1, 0.15) is 6.23 Å². The molecule has 3 N–H and O–H groups in total. The summed E-state index contributed by atoms with van der Waals surface area (Å²) < 4.78 is 0. The number of hydrogen-bond acceptors (Lipinski definition) is 3. The minimum atomic E-state index is -0.575. The Kier molecular flexibility index (Phi) is 3.28. The number of anilines is 1. The Morgan fingerprint density at radius 1 is 1.46 bits per heavy atom. The van der Waals surface area contributed by atoms with Crippen molar-refractivity contribution >= 4 is 5.69 Å². The molecule has 0 amide bonds. The standard InChI is InChI=1S/C10H15NO2/c1-7-3-4-10(11-8(2)13)5-9(7)6-12/h3-5,8,11-13H,6H2,1-2H3. The van der Waals surface area contributed by atoms with Crippen molar-refractivity contribution in [3.8, 4) is 0 Å². The number of aliphatic hydroxyl groups is 2. The Balaban J connectivity index is 2.86. The van der Waals surface area contributed by atoms with Gasteiger partial charge < -0.3 is 15.5 Å². The van der Waals surface area contributed by atoms with Gasteiger partial charge in [-0.15, -0.1) is 0 Å². The predicted molar refractivity (Wildman–Crippen MR) is 52.4 cm³/mol. The van der Waals surface area contributed by atoms with Crippen LogP contribution >= 0.6 is 0 Å². The van der Waals surface area contributed by atoms with Crippen molar-refractivity contribution in [1.82, 2.24) is 0 Å². The van der Waals surface area contributed by atoms with E-state index in [4.69, 9.17) is 10.2 Å². The Morgan fingerprint density at radius 2 is 2.15 bits per heavy atom. The van der Waals surface area contributed by atoms with Crippen LogP contribution in [0.5, 0.6) is 0 Å². The van der Waals surface area contributed by atoms with Crippen LogP contribution in [0.4, 0.5) is 5.69 Å². The molecule has 0 radical (unpaired) electrons. The highest BCUT2D eigenvalue weighted by Gasteiger charge is 2.00. The second-order valence-corrected chi connectivity index (χ2v) is 3.12. The van der Waals surface area contributed by atoms with E-state index in [1.165, 1.54) is 0 Å². The van der Waals surface area contributed by atoms with Gasteiger partial charge in [0.2, 0.25) is 0 Å². The molecule has 3 nitrogen and oxygen atoms in total. The Bertz CT molecular complexity index is 284. The van der Waals surface area contributed by atoms with Crippen LogP contribution in [-0.4, -0.2) is 16.4 Å². The lowest BCUT2D eigenvalue weighted by atomic mass is 10.1. The van der Waals surface area contributed by atoms with Crippen LogP contribution < -0.4 is 5.32 Å². The molecule has 0 aliphatic heterocycles. The van der Waals surface area contributed by atoms with Crippen molar-refractivity contribution in [2.45, 2.75) is 26.7 Å². The highest BCUT2D eigenvalue weighted by Crippen LogP contribution is 2.15. The monoisotopic (exact) mass is 181 g/mol. The summed E-state index contributed by atoms with van der Waals surface area (Å²) in [5, 5.41) is 20.9. The molecular formula is C10H15NO2. The molecule has 0 fully saturated rings. The van der Waals surface area contributed by atoms with Crippen molar-refractivity contribution in [3.63, 3.8) is 0 Å². The zero-order chi connectivity index (χ0) is 9.84. The maximum atomic E-state index is 9.07. The molecule has 0 heterocycles. The maximum Gasteiger partial charge on any atom is 0.121 e. The highest BCUT2D eigenvalue weighted by atomic mass is 16.3. The molecule has 0 aliphatic carbocycles. The van der Waals surface area contributed by atoms with Gasteiger partial charge in [-0.2, -0.15) is 0 Å². The van der Waals surface area contributed by atoms with E-state index in [2.05, 4.69) is 5.32 Å². The summed E-state index contributed by atoms with van der Waals surface area (Å²) in [7, 11) is 0. The Hall–Kier alpha value is -1.06. The van der Waals surface area contributed by atoms with E-state index in [0.717, 1.165) is 16.8 Å². The lowest BCUT2D eigenvalue weighted by Crippen LogP contribution is -2.13. The number of aryl methyl sites for hydroxylation is 1. The van der Waals surface area contributed by atoms with Crippen LogP contribution in [0.3, 0.4) is 0 Å². The molecule has 1 unspecified atom stereocenters. The van der Waals surface area contributed by atoms with Gasteiger partial charge in [0.25, 0.3) is 0 Å². The number of benzene rings is 1. The molecule has 0 bridgehead atoms. The van der Waals surface area contributed by atoms with Crippen LogP contribution in [0.15, 0.2) is 18.2 Å². The van der Waals surface area contributed by atoms with Gasteiger partial charge in [-0.3, -0.25) is 0 Å². The van der Waals surface area contributed by atoms with Crippen LogP contribution in [-0.2, 0) is 6.61 Å². The molecular weight excluding hydrogens is 166 g/mol. The van der Waals surface area contributed by atoms with Gasteiger partial charge in [-0.05, 0) is 37.1 Å². The lowest BCUT2D eigenvalue weighted by molar-refractivity contribution is 0.224. The summed E-state index contributed by atoms with van der Waals surface area (Å²) in [5.41, 5.74) is 2.76. The van der Waals surface area contributed by atoms with Crippen LogP contribution in [0.2, 0.25) is 0 Å². The molecule has 1 atom stereocenters. The van der Waals surface area contributed by atoms with Gasteiger partial charge >= 0.3 is 0 Å². The molecule has 0 spiro atoms. The zero-order valence-corrected chi connectivity index (χ0v) is 7.91. The van der Waals surface area contributed by atoms with E-state index in [9.17, 15) is 0 Å². The first-order valence-corrected chi connectivity index (χ1v) is 4.28. The van der Waals surface area contributed by atoms with Crippen LogP contribution in [0, 0.1) is 6.92 Å². The first kappa shape index (κ1) is 10.0. The Morgan fingerprint density at radius 3 is 2.69 bits per heavy atom. The molecule has 13 heavy (non-hydrogen) atoms. The molecule has 3 heteroatoms. The number of aliphatic hydroxyl groups excluding tert-OH is 2. The van der Waals surface area contributed by atoms with E-state index in [0.29, 0.717) is 0 Å². The molecule has 0 saturated heterocycles. The molecule has 0 saturated carbocycles. The predicted octanol–water partition coefficient (Wildman–Crippen LogP) is 1.24. The van der Waals surface area contributed by atoms with E-state index < -0.39 is 6.23 Å². The Labute approximate surface area is 78.0 Å². The third-order valence-corrected chi connectivity index (χ3v) is 1.90. The van der Waals surface area contributed by atoms with E-state index in [1.54, 1.807) is 6.92 Å². The second-order valence-electron chi connectivity index (χ2n) is 3.12. The minimum Gasteiger partial charge on any atom is -0.392 e. The van der Waals surface area contributed by atoms with Gasteiger partial charge in [-0.1, -0.05) is 6.07 Å². The normalized spacial score (nSPS) is 12.6. The maximum absolute atomic E-state index is 9.07. The number of rotatable bonds is 3. The van der Waals surface area contributed by atoms with Crippen molar-refractivity contribution < 1.29 is 10.2 Å². The molecule has 1 aromatic rings. The van der Waals surface area contributed by atoms with Crippen LogP contribution in [0.1, 0.15) is 18.1 Å². The van der Waals surface area contributed by atoms with E-state index in [-0.39, 0.29) is 6.61 Å². The fourth-order valence-corrected chi connectivity index (χ4v) is 1.17. The van der Waals surface area contributed by atoms with Crippen molar-refractivity contribution in [3.05, 3.63) is 29.3 Å². The largest absolute Gasteiger partial charge is 0.392 e. The van der Waals surface area contributed by atoms with Crippen molar-refractivity contribution in [1.29, 1.82) is 0 Å². The van der Waals surface area contributed by atoms with Gasteiger partial charge in [0.15, 0.2) is 0 Å². The first-order valence-electron chi connectivity index (χ1n) is 4.28. The summed E-state index contributed by atoms with van der Waals surface area (Å²) in [4.78, 5) is 0. The van der Waals surface area contributed by atoms with Crippen LogP contribution in [0.25, 0.3) is 0 Å². The summed E-state index contributed by atoms with van der Waals surface area (Å²) >= 11 is 0. The molecule has 1 rings (SSSR count). The molecule has 0 aromatic heterocycles. The van der Waals surface area contributed by atoms with Gasteiger partial charge in [0.05, 0.1) is 6.61 Å². The topological polar surface area (TPSA) is 52.5 Å². The summed E-state index contributed by atoms with van der Waals surface area (Å²) in [6.45, 7) is 3.62. The summed E-state index contributed by atoms with van der Waals surface area (Å²) in [6, 6.07) is 5.62. The molecule has 72 valence electrons. The van der Waals surface area contributed by atoms with Crippen molar-refractivity contribution in [2.24, 2.45) is 0 Å². The SMILES string of the molecule is Cc1ccc(NC(C)O)cc1CO.